The first kappa shape index (κ1) is 10.6. The molecule has 0 aromatic heterocycles. The zero-order chi connectivity index (χ0) is 10.4. The molecule has 0 aliphatic rings. The van der Waals surface area contributed by atoms with Gasteiger partial charge in [-0.15, -0.1) is 0 Å². The standard InChI is InChI=1S/C11H14N2O/c1-2-14-11-5-3-9(4-6-11)10(7-12)8-13/h3-6,10H,2,7,12H2,1H3. The van der Waals surface area contributed by atoms with Crippen LogP contribution in [0.3, 0.4) is 0 Å². The highest BCUT2D eigenvalue weighted by Gasteiger charge is 2.07. The fourth-order valence-electron chi connectivity index (χ4n) is 1.23. The fourth-order valence-corrected chi connectivity index (χ4v) is 1.23. The molecule has 0 saturated carbocycles. The minimum Gasteiger partial charge on any atom is -0.494 e. The molecule has 1 unspecified atom stereocenters. The summed E-state index contributed by atoms with van der Waals surface area (Å²) in [5, 5.41) is 8.79. The molecule has 14 heavy (non-hydrogen) atoms. The molecule has 0 saturated heterocycles. The van der Waals surface area contributed by atoms with Gasteiger partial charge in [-0.1, -0.05) is 12.1 Å². The van der Waals surface area contributed by atoms with Gasteiger partial charge in [0.2, 0.25) is 0 Å². The molecular formula is C11H14N2O. The largest absolute Gasteiger partial charge is 0.494 e. The van der Waals surface area contributed by atoms with Gasteiger partial charge in [0.1, 0.15) is 5.75 Å². The van der Waals surface area contributed by atoms with Gasteiger partial charge in [0.05, 0.1) is 18.6 Å². The van der Waals surface area contributed by atoms with Gasteiger partial charge < -0.3 is 10.5 Å². The van der Waals surface area contributed by atoms with Crippen LogP contribution in [0.25, 0.3) is 0 Å². The molecule has 0 amide bonds. The fraction of sp³-hybridized carbons (Fsp3) is 0.364. The summed E-state index contributed by atoms with van der Waals surface area (Å²) in [6.07, 6.45) is 0. The van der Waals surface area contributed by atoms with Crippen molar-refractivity contribution >= 4 is 0 Å². The van der Waals surface area contributed by atoms with E-state index in [1.54, 1.807) is 0 Å². The summed E-state index contributed by atoms with van der Waals surface area (Å²) >= 11 is 0. The highest BCUT2D eigenvalue weighted by Crippen LogP contribution is 2.18. The van der Waals surface area contributed by atoms with Crippen LogP contribution in [0.4, 0.5) is 0 Å². The Morgan fingerprint density at radius 1 is 1.43 bits per heavy atom. The summed E-state index contributed by atoms with van der Waals surface area (Å²) in [5.74, 6) is 0.607. The number of benzene rings is 1. The van der Waals surface area contributed by atoms with Crippen molar-refractivity contribution in [3.63, 3.8) is 0 Å². The van der Waals surface area contributed by atoms with Gasteiger partial charge in [-0.2, -0.15) is 5.26 Å². The predicted molar refractivity (Wildman–Crippen MR) is 55.0 cm³/mol. The quantitative estimate of drug-likeness (QED) is 0.785. The lowest BCUT2D eigenvalue weighted by atomic mass is 10.0. The SMILES string of the molecule is CCOc1ccc(C(C#N)CN)cc1. The average molecular weight is 190 g/mol. The molecule has 0 radical (unpaired) electrons. The van der Waals surface area contributed by atoms with E-state index in [4.69, 9.17) is 15.7 Å². The van der Waals surface area contributed by atoms with Crippen LogP contribution in [-0.2, 0) is 0 Å². The van der Waals surface area contributed by atoms with Gasteiger partial charge in [0, 0.05) is 6.54 Å². The van der Waals surface area contributed by atoms with E-state index in [0.717, 1.165) is 11.3 Å². The molecular weight excluding hydrogens is 176 g/mol. The highest BCUT2D eigenvalue weighted by atomic mass is 16.5. The Hall–Kier alpha value is -1.53. The third kappa shape index (κ3) is 2.48. The van der Waals surface area contributed by atoms with Crippen molar-refractivity contribution in [2.24, 2.45) is 5.73 Å². The molecule has 0 heterocycles. The normalized spacial score (nSPS) is 11.8. The summed E-state index contributed by atoms with van der Waals surface area (Å²) in [6.45, 7) is 2.94. The topological polar surface area (TPSA) is 59.0 Å². The monoisotopic (exact) mass is 190 g/mol. The summed E-state index contributed by atoms with van der Waals surface area (Å²) in [7, 11) is 0. The first-order chi connectivity index (χ1) is 6.81. The van der Waals surface area contributed by atoms with Gasteiger partial charge in [0.15, 0.2) is 0 Å². The molecule has 0 aliphatic carbocycles. The number of hydrogen-bond donors (Lipinski definition) is 1. The van der Waals surface area contributed by atoms with Crippen LogP contribution >= 0.6 is 0 Å². The van der Waals surface area contributed by atoms with Crippen LogP contribution in [0.1, 0.15) is 18.4 Å². The summed E-state index contributed by atoms with van der Waals surface area (Å²) in [6, 6.07) is 9.63. The Labute approximate surface area is 84.1 Å². The van der Waals surface area contributed by atoms with E-state index in [1.165, 1.54) is 0 Å². The molecule has 1 aromatic rings. The molecule has 1 aromatic carbocycles. The second kappa shape index (κ2) is 5.25. The van der Waals surface area contributed by atoms with Crippen LogP contribution in [0.5, 0.6) is 5.75 Å². The number of ether oxygens (including phenoxy) is 1. The van der Waals surface area contributed by atoms with E-state index in [2.05, 4.69) is 6.07 Å². The van der Waals surface area contributed by atoms with E-state index in [-0.39, 0.29) is 5.92 Å². The predicted octanol–water partition coefficient (Wildman–Crippen LogP) is 1.65. The number of hydrogen-bond acceptors (Lipinski definition) is 3. The lowest BCUT2D eigenvalue weighted by Crippen LogP contribution is -2.10. The average Bonchev–Trinajstić information content (AvgIpc) is 2.23. The van der Waals surface area contributed by atoms with Gasteiger partial charge >= 0.3 is 0 Å². The number of rotatable bonds is 4. The molecule has 0 spiro atoms. The van der Waals surface area contributed by atoms with Crippen LogP contribution in [0, 0.1) is 11.3 Å². The van der Waals surface area contributed by atoms with Gasteiger partial charge in [-0.3, -0.25) is 0 Å². The third-order valence-electron chi connectivity index (χ3n) is 1.99. The number of nitrogens with zero attached hydrogens (tertiary/aromatic N) is 1. The minimum atomic E-state index is -0.217. The van der Waals surface area contributed by atoms with E-state index in [9.17, 15) is 0 Å². The van der Waals surface area contributed by atoms with Crippen LogP contribution in [0.15, 0.2) is 24.3 Å². The van der Waals surface area contributed by atoms with Crippen molar-refractivity contribution in [1.29, 1.82) is 5.26 Å². The van der Waals surface area contributed by atoms with Gasteiger partial charge in [-0.05, 0) is 24.6 Å². The Balaban J connectivity index is 2.77. The Morgan fingerprint density at radius 2 is 2.07 bits per heavy atom. The minimum absolute atomic E-state index is 0.217. The Kier molecular flexibility index (Phi) is 3.96. The van der Waals surface area contributed by atoms with E-state index in [0.29, 0.717) is 13.2 Å². The summed E-state index contributed by atoms with van der Waals surface area (Å²) in [5.41, 5.74) is 6.40. The first-order valence-corrected chi connectivity index (χ1v) is 4.64. The summed E-state index contributed by atoms with van der Waals surface area (Å²) < 4.78 is 5.29. The Morgan fingerprint density at radius 3 is 2.50 bits per heavy atom. The second-order valence-electron chi connectivity index (χ2n) is 2.92. The van der Waals surface area contributed by atoms with Crippen molar-refractivity contribution in [3.8, 4) is 11.8 Å². The number of nitrogens with two attached hydrogens (primary N) is 1. The zero-order valence-electron chi connectivity index (χ0n) is 8.23. The maximum absolute atomic E-state index is 8.79. The smallest absolute Gasteiger partial charge is 0.119 e. The van der Waals surface area contributed by atoms with E-state index >= 15 is 0 Å². The molecule has 3 nitrogen and oxygen atoms in total. The lowest BCUT2D eigenvalue weighted by Gasteiger charge is -2.07. The zero-order valence-corrected chi connectivity index (χ0v) is 8.23. The van der Waals surface area contributed by atoms with Crippen molar-refractivity contribution in [1.82, 2.24) is 0 Å². The maximum atomic E-state index is 8.79. The second-order valence-corrected chi connectivity index (χ2v) is 2.92. The van der Waals surface area contributed by atoms with E-state index in [1.807, 2.05) is 31.2 Å². The molecule has 0 fully saturated rings. The maximum Gasteiger partial charge on any atom is 0.119 e. The first-order valence-electron chi connectivity index (χ1n) is 4.64. The molecule has 0 bridgehead atoms. The van der Waals surface area contributed by atoms with Crippen molar-refractivity contribution in [2.45, 2.75) is 12.8 Å². The summed E-state index contributed by atoms with van der Waals surface area (Å²) in [4.78, 5) is 0. The van der Waals surface area contributed by atoms with E-state index < -0.39 is 0 Å². The molecule has 1 rings (SSSR count). The molecule has 0 aliphatic heterocycles. The lowest BCUT2D eigenvalue weighted by molar-refractivity contribution is 0.340. The molecule has 1 atom stereocenters. The van der Waals surface area contributed by atoms with Gasteiger partial charge in [-0.25, -0.2) is 0 Å². The molecule has 3 heteroatoms. The molecule has 2 N–H and O–H groups in total. The van der Waals surface area contributed by atoms with Crippen LogP contribution in [0.2, 0.25) is 0 Å². The highest BCUT2D eigenvalue weighted by molar-refractivity contribution is 5.32. The van der Waals surface area contributed by atoms with Gasteiger partial charge in [0.25, 0.3) is 0 Å². The third-order valence-corrected chi connectivity index (χ3v) is 1.99. The molecule has 74 valence electrons. The Bertz CT molecular complexity index is 313. The van der Waals surface area contributed by atoms with Crippen molar-refractivity contribution < 1.29 is 4.74 Å². The van der Waals surface area contributed by atoms with Crippen molar-refractivity contribution in [2.75, 3.05) is 13.2 Å². The van der Waals surface area contributed by atoms with Crippen molar-refractivity contribution in [3.05, 3.63) is 29.8 Å². The van der Waals surface area contributed by atoms with Crippen LogP contribution < -0.4 is 10.5 Å². The van der Waals surface area contributed by atoms with Crippen LogP contribution in [-0.4, -0.2) is 13.2 Å². The number of nitriles is 1.